The van der Waals surface area contributed by atoms with E-state index in [-0.39, 0.29) is 12.4 Å². The van der Waals surface area contributed by atoms with Gasteiger partial charge in [0, 0.05) is 6.21 Å². The number of nitro groups is 1. The summed E-state index contributed by atoms with van der Waals surface area (Å²) in [4.78, 5) is 31.8. The number of hydrogen-bond donors (Lipinski definition) is 1. The summed E-state index contributed by atoms with van der Waals surface area (Å²) >= 11 is 0. The van der Waals surface area contributed by atoms with Crippen LogP contribution in [-0.4, -0.2) is 34.6 Å². The second-order valence-electron chi connectivity index (χ2n) is 3.85. The first kappa shape index (κ1) is 14.2. The third-order valence-electron chi connectivity index (χ3n) is 2.34. The van der Waals surface area contributed by atoms with Gasteiger partial charge >= 0.3 is 11.9 Å². The zero-order valence-electron chi connectivity index (χ0n) is 10.6. The highest BCUT2D eigenvalue weighted by molar-refractivity contribution is 6.02. The summed E-state index contributed by atoms with van der Waals surface area (Å²) in [6.07, 6.45) is 7.58. The highest BCUT2D eigenvalue weighted by atomic mass is 16.6. The minimum Gasteiger partial charge on any atom is -0.401 e. The minimum atomic E-state index is -0.623. The zero-order valence-corrected chi connectivity index (χ0v) is 10.6. The van der Waals surface area contributed by atoms with Crippen molar-refractivity contribution >= 4 is 30.1 Å². The molecular weight excluding hydrogens is 280 g/mol. The Balaban J connectivity index is 1.84. The molecule has 0 radical (unpaired) electrons. The predicted octanol–water partition coefficient (Wildman–Crippen LogP) is 1.29. The molecule has 3 amide bonds. The molecule has 0 unspecified atom stereocenters. The van der Waals surface area contributed by atoms with Gasteiger partial charge in [0.1, 0.15) is 17.2 Å². The fraction of sp³-hybridized carbons (Fsp3) is 0.0833. The van der Waals surface area contributed by atoms with E-state index in [1.165, 1.54) is 30.5 Å². The zero-order chi connectivity index (χ0) is 15.2. The molecule has 0 aliphatic carbocycles. The number of furan rings is 1. The fourth-order valence-electron chi connectivity index (χ4n) is 1.44. The molecule has 21 heavy (non-hydrogen) atoms. The number of urea groups is 1. The average molecular weight is 290 g/mol. The number of imide groups is 1. The maximum atomic E-state index is 11.1. The van der Waals surface area contributed by atoms with E-state index in [2.05, 4.69) is 10.4 Å². The molecule has 0 aromatic carbocycles. The number of carbonyl (C=O) groups is 2. The SMILES string of the molecule is O=C1CN(N=CC=CC=Cc2ccc([N+](=O)[O-])o2)C(=O)N1. The lowest BCUT2D eigenvalue weighted by Gasteiger charge is -2.02. The summed E-state index contributed by atoms with van der Waals surface area (Å²) in [6, 6.07) is 2.16. The van der Waals surface area contributed by atoms with Crippen molar-refractivity contribution in [1.82, 2.24) is 10.3 Å². The molecular formula is C12H10N4O5. The van der Waals surface area contributed by atoms with Gasteiger partial charge in [-0.15, -0.1) is 0 Å². The van der Waals surface area contributed by atoms with Crippen LogP contribution in [0.5, 0.6) is 0 Å². The minimum absolute atomic E-state index is 0.102. The molecule has 1 aromatic heterocycles. The summed E-state index contributed by atoms with van der Waals surface area (Å²) in [5.74, 6) is -0.391. The van der Waals surface area contributed by atoms with Crippen molar-refractivity contribution in [1.29, 1.82) is 0 Å². The smallest absolute Gasteiger partial charge is 0.401 e. The second kappa shape index (κ2) is 6.28. The van der Waals surface area contributed by atoms with E-state index < -0.39 is 16.9 Å². The number of hydrazone groups is 1. The Bertz CT molecular complexity index is 658. The largest absolute Gasteiger partial charge is 0.433 e. The van der Waals surface area contributed by atoms with Crippen LogP contribution in [0.4, 0.5) is 10.7 Å². The molecule has 108 valence electrons. The number of hydrogen-bond acceptors (Lipinski definition) is 6. The Morgan fingerprint density at radius 2 is 2.14 bits per heavy atom. The number of amides is 3. The lowest BCUT2D eigenvalue weighted by atomic mass is 10.4. The van der Waals surface area contributed by atoms with Crippen LogP contribution in [-0.2, 0) is 4.79 Å². The average Bonchev–Trinajstić information content (AvgIpc) is 3.01. The van der Waals surface area contributed by atoms with Crippen molar-refractivity contribution in [3.8, 4) is 0 Å². The van der Waals surface area contributed by atoms with Crippen LogP contribution in [0.15, 0.2) is 39.9 Å². The van der Waals surface area contributed by atoms with E-state index in [0.717, 1.165) is 5.01 Å². The molecule has 1 aliphatic heterocycles. The summed E-state index contributed by atoms with van der Waals surface area (Å²) in [5.41, 5.74) is 0. The van der Waals surface area contributed by atoms with Gasteiger partial charge in [0.15, 0.2) is 0 Å². The van der Waals surface area contributed by atoms with Crippen molar-refractivity contribution in [3.63, 3.8) is 0 Å². The molecule has 1 fully saturated rings. The van der Waals surface area contributed by atoms with Crippen molar-refractivity contribution in [2.75, 3.05) is 6.54 Å². The molecule has 1 aliphatic rings. The normalized spacial score (nSPS) is 15.7. The highest BCUT2D eigenvalue weighted by Crippen LogP contribution is 2.16. The third-order valence-corrected chi connectivity index (χ3v) is 2.34. The standard InChI is InChI=1S/C12H10N4O5/c17-10-8-15(12(18)14-10)13-7-3-1-2-4-9-5-6-11(21-9)16(19)20/h1-7H,8H2,(H,14,17,18). The predicted molar refractivity (Wildman–Crippen MR) is 72.3 cm³/mol. The lowest BCUT2D eigenvalue weighted by Crippen LogP contribution is -2.23. The van der Waals surface area contributed by atoms with Gasteiger partial charge in [0.25, 0.3) is 0 Å². The summed E-state index contributed by atoms with van der Waals surface area (Å²) in [5, 5.41) is 17.2. The molecule has 1 aromatic rings. The van der Waals surface area contributed by atoms with Gasteiger partial charge < -0.3 is 4.42 Å². The van der Waals surface area contributed by atoms with Gasteiger partial charge in [-0.25, -0.2) is 9.80 Å². The molecule has 2 rings (SSSR count). The molecule has 0 bridgehead atoms. The Hall–Kier alpha value is -3.23. The quantitative estimate of drug-likeness (QED) is 0.288. The summed E-state index contributed by atoms with van der Waals surface area (Å²) in [7, 11) is 0. The van der Waals surface area contributed by atoms with Gasteiger partial charge in [-0.2, -0.15) is 5.10 Å². The number of nitrogens with zero attached hydrogens (tertiary/aromatic N) is 3. The van der Waals surface area contributed by atoms with E-state index >= 15 is 0 Å². The topological polar surface area (TPSA) is 118 Å². The fourth-order valence-corrected chi connectivity index (χ4v) is 1.44. The molecule has 0 spiro atoms. The van der Waals surface area contributed by atoms with Crippen LogP contribution in [0.1, 0.15) is 5.76 Å². The maximum absolute atomic E-state index is 11.1. The summed E-state index contributed by atoms with van der Waals surface area (Å²) in [6.45, 7) is -0.102. The van der Waals surface area contributed by atoms with E-state index in [9.17, 15) is 19.7 Å². The number of allylic oxidation sites excluding steroid dienone is 3. The Labute approximate surface area is 118 Å². The first-order valence-corrected chi connectivity index (χ1v) is 5.79. The number of nitrogens with one attached hydrogen (secondary N) is 1. The first-order chi connectivity index (χ1) is 10.1. The van der Waals surface area contributed by atoms with E-state index in [4.69, 9.17) is 4.42 Å². The van der Waals surface area contributed by atoms with Crippen LogP contribution < -0.4 is 5.32 Å². The molecule has 9 heteroatoms. The lowest BCUT2D eigenvalue weighted by molar-refractivity contribution is -0.402. The van der Waals surface area contributed by atoms with Crippen molar-refractivity contribution in [2.45, 2.75) is 0 Å². The van der Waals surface area contributed by atoms with Crippen molar-refractivity contribution < 1.29 is 18.9 Å². The van der Waals surface area contributed by atoms with Gasteiger partial charge in [-0.3, -0.25) is 20.2 Å². The third kappa shape index (κ3) is 3.86. The van der Waals surface area contributed by atoms with Crippen LogP contribution in [0.25, 0.3) is 6.08 Å². The molecule has 9 nitrogen and oxygen atoms in total. The highest BCUT2D eigenvalue weighted by Gasteiger charge is 2.25. The van der Waals surface area contributed by atoms with E-state index in [1.807, 2.05) is 0 Å². The summed E-state index contributed by atoms with van der Waals surface area (Å²) < 4.78 is 4.91. The van der Waals surface area contributed by atoms with Crippen LogP contribution in [0, 0.1) is 10.1 Å². The van der Waals surface area contributed by atoms with Crippen LogP contribution >= 0.6 is 0 Å². The molecule has 1 saturated heterocycles. The monoisotopic (exact) mass is 290 g/mol. The number of rotatable bonds is 5. The van der Waals surface area contributed by atoms with E-state index in [0.29, 0.717) is 5.76 Å². The Morgan fingerprint density at radius 1 is 1.33 bits per heavy atom. The second-order valence-corrected chi connectivity index (χ2v) is 3.85. The molecule has 1 N–H and O–H groups in total. The number of carbonyl (C=O) groups excluding carboxylic acids is 2. The van der Waals surface area contributed by atoms with Crippen molar-refractivity contribution in [3.05, 3.63) is 46.2 Å². The molecule has 0 saturated carbocycles. The van der Waals surface area contributed by atoms with Gasteiger partial charge in [0.05, 0.1) is 6.07 Å². The van der Waals surface area contributed by atoms with Crippen molar-refractivity contribution in [2.24, 2.45) is 5.10 Å². The Kier molecular flexibility index (Phi) is 4.24. The van der Waals surface area contributed by atoms with E-state index in [1.54, 1.807) is 12.2 Å². The molecule has 0 atom stereocenters. The maximum Gasteiger partial charge on any atom is 0.433 e. The van der Waals surface area contributed by atoms with Crippen LogP contribution in [0.3, 0.4) is 0 Å². The van der Waals surface area contributed by atoms with Gasteiger partial charge in [0.2, 0.25) is 5.91 Å². The Morgan fingerprint density at radius 3 is 2.76 bits per heavy atom. The van der Waals surface area contributed by atoms with Crippen LogP contribution in [0.2, 0.25) is 0 Å². The van der Waals surface area contributed by atoms with Gasteiger partial charge in [-0.1, -0.05) is 12.2 Å². The molecule has 2 heterocycles. The first-order valence-electron chi connectivity index (χ1n) is 5.79. The van der Waals surface area contributed by atoms with Gasteiger partial charge in [-0.05, 0) is 18.2 Å².